The zero-order chi connectivity index (χ0) is 44.1. The quantitative estimate of drug-likeness (QED) is 0.163. The Labute approximate surface area is 367 Å². The van der Waals surface area contributed by atoms with Gasteiger partial charge >= 0.3 is 0 Å². The van der Waals surface area contributed by atoms with Gasteiger partial charge in [-0.15, -0.1) is 0 Å². The first-order valence-corrected chi connectivity index (χ1v) is 21.7. The summed E-state index contributed by atoms with van der Waals surface area (Å²) < 4.78 is 5.87. The maximum atomic E-state index is 12.0. The molecule has 320 valence electrons. The van der Waals surface area contributed by atoms with Crippen LogP contribution >= 0.6 is 0 Å². The molecule has 0 atom stereocenters. The van der Waals surface area contributed by atoms with Crippen LogP contribution < -0.4 is 0 Å². The molecule has 8 heterocycles. The van der Waals surface area contributed by atoms with Gasteiger partial charge in [0.25, 0.3) is 0 Å². The molecule has 2 aromatic carbocycles. The van der Waals surface area contributed by atoms with Gasteiger partial charge in [-0.3, -0.25) is 38.6 Å². The molecule has 2 aliphatic heterocycles. The third-order valence-electron chi connectivity index (χ3n) is 12.5. The molecule has 0 bridgehead atoms. The fourth-order valence-electron chi connectivity index (χ4n) is 8.88. The second-order valence-electron chi connectivity index (χ2n) is 17.3. The molecular weight excluding hydrogens is 787 g/mol. The Morgan fingerprint density at radius 1 is 0.619 bits per heavy atom. The molecule has 0 unspecified atom stereocenters. The molecule has 63 heavy (non-hydrogen) atoms. The zero-order valence-electron chi connectivity index (χ0n) is 37.3. The van der Waals surface area contributed by atoms with E-state index in [1.807, 2.05) is 68.9 Å². The molecular formula is C50H53N11O2. The Balaban J connectivity index is 0.000000160. The van der Waals surface area contributed by atoms with Crippen LogP contribution in [0.15, 0.2) is 91.6 Å². The van der Waals surface area contributed by atoms with Gasteiger partial charge in [0, 0.05) is 159 Å². The Morgan fingerprint density at radius 3 is 1.59 bits per heavy atom. The molecule has 13 nitrogen and oxygen atoms in total. The van der Waals surface area contributed by atoms with Gasteiger partial charge in [0.1, 0.15) is 0 Å². The lowest BCUT2D eigenvalue weighted by Gasteiger charge is -2.26. The smallest absolute Gasteiger partial charge is 0.219 e. The number of carbonyl (C=O) groups excluding carboxylic acids is 2. The highest BCUT2D eigenvalue weighted by Crippen LogP contribution is 2.37. The summed E-state index contributed by atoms with van der Waals surface area (Å²) >= 11 is 0. The number of rotatable bonds is 6. The van der Waals surface area contributed by atoms with Crippen molar-refractivity contribution in [3.8, 4) is 45.0 Å². The number of hydrogen-bond donors (Lipinski definition) is 0. The summed E-state index contributed by atoms with van der Waals surface area (Å²) in [5.41, 5.74) is 13.6. The summed E-state index contributed by atoms with van der Waals surface area (Å²) in [6, 6.07) is 21.2. The molecule has 8 aromatic rings. The van der Waals surface area contributed by atoms with E-state index in [0.29, 0.717) is 25.0 Å². The molecule has 13 heteroatoms. The molecule has 6 aromatic heterocycles. The van der Waals surface area contributed by atoms with Gasteiger partial charge in [-0.05, 0) is 54.8 Å². The number of amides is 2. The number of nitrogens with zero attached hydrogens (tertiary/aromatic N) is 11. The number of aromatic nitrogens is 9. The highest BCUT2D eigenvalue weighted by molar-refractivity contribution is 5.98. The Hall–Kier alpha value is -7.02. The lowest BCUT2D eigenvalue weighted by Crippen LogP contribution is -2.34. The predicted octanol–water partition coefficient (Wildman–Crippen LogP) is 8.71. The van der Waals surface area contributed by atoms with Crippen LogP contribution in [-0.2, 0) is 49.6 Å². The van der Waals surface area contributed by atoms with Crippen molar-refractivity contribution in [1.82, 2.24) is 54.1 Å². The molecule has 2 amide bonds. The Kier molecular flexibility index (Phi) is 10.9. The van der Waals surface area contributed by atoms with Crippen LogP contribution in [0.5, 0.6) is 0 Å². The van der Waals surface area contributed by atoms with E-state index in [4.69, 9.17) is 20.2 Å². The fraction of sp³-hybridized carbons (Fsp3) is 0.320. The largest absolute Gasteiger partial charge is 0.338 e. The first-order chi connectivity index (χ1) is 30.3. The van der Waals surface area contributed by atoms with E-state index in [1.54, 1.807) is 13.8 Å². The van der Waals surface area contributed by atoms with Crippen LogP contribution in [0.25, 0.3) is 66.6 Å². The van der Waals surface area contributed by atoms with Gasteiger partial charge in [-0.2, -0.15) is 15.3 Å². The molecule has 0 fully saturated rings. The summed E-state index contributed by atoms with van der Waals surface area (Å²) in [7, 11) is 3.97. The predicted molar refractivity (Wildman–Crippen MR) is 246 cm³/mol. The lowest BCUT2D eigenvalue weighted by molar-refractivity contribution is -0.130. The first kappa shape index (κ1) is 41.3. The van der Waals surface area contributed by atoms with Crippen LogP contribution in [0.4, 0.5) is 0 Å². The topological polar surface area (TPSA) is 133 Å². The number of fused-ring (bicyclic) bond motifs is 4. The van der Waals surface area contributed by atoms with Crippen molar-refractivity contribution in [2.24, 2.45) is 14.1 Å². The summed E-state index contributed by atoms with van der Waals surface area (Å²) in [6.45, 7) is 14.5. The van der Waals surface area contributed by atoms with Crippen molar-refractivity contribution in [1.29, 1.82) is 0 Å². The standard InChI is InChI=1S/C26H27N5O.C24H26N6O/c1-16(2)23-9-8-19(13-27-23)24-12-18-6-5-7-20(21(18)14-28-24)26-22-15-31(17(3)32)11-10-25(22)30(4)29-26;1-15(2)30-13-18(11-26-30)22-10-17-6-5-7-19(20(17)12-25-22)24-21-14-29(16(3)31)9-8-23(21)28(4)27-24/h5-9,12-14,16H,10-11,15H2,1-4H3;5-7,10-13,15H,8-9,14H2,1-4H3. The SMILES string of the molecule is CC(=O)N1CCc2c(c(-c3cccc4cc(-c5ccc(C(C)C)nc5)ncc34)nn2C)C1.CC(=O)N1CCc2c(c(-c3cccc4cc(-c5cnn(C(C)C)c5)ncc34)nn2C)C1. The number of pyridine rings is 3. The van der Waals surface area contributed by atoms with E-state index in [1.165, 1.54) is 11.4 Å². The summed E-state index contributed by atoms with van der Waals surface area (Å²) in [5, 5.41) is 18.5. The third kappa shape index (κ3) is 7.88. The average Bonchev–Trinajstić information content (AvgIpc) is 4.01. The monoisotopic (exact) mass is 839 g/mol. The molecule has 0 aliphatic carbocycles. The average molecular weight is 840 g/mol. The molecule has 0 radical (unpaired) electrons. The number of carbonyl (C=O) groups is 2. The molecule has 0 N–H and O–H groups in total. The van der Waals surface area contributed by atoms with Crippen molar-refractivity contribution in [3.05, 3.63) is 120 Å². The number of aryl methyl sites for hydroxylation is 2. The van der Waals surface area contributed by atoms with Gasteiger partial charge < -0.3 is 9.80 Å². The second-order valence-corrected chi connectivity index (χ2v) is 17.3. The highest BCUT2D eigenvalue weighted by atomic mass is 16.2. The minimum atomic E-state index is 0.103. The van der Waals surface area contributed by atoms with Gasteiger partial charge in [-0.25, -0.2) is 0 Å². The lowest BCUT2D eigenvalue weighted by atomic mass is 9.97. The minimum Gasteiger partial charge on any atom is -0.338 e. The molecule has 0 spiro atoms. The summed E-state index contributed by atoms with van der Waals surface area (Å²) in [6.07, 6.45) is 11.3. The summed E-state index contributed by atoms with van der Waals surface area (Å²) in [4.78, 5) is 41.8. The van der Waals surface area contributed by atoms with Gasteiger partial charge in [0.15, 0.2) is 0 Å². The van der Waals surface area contributed by atoms with Gasteiger partial charge in [0.2, 0.25) is 11.8 Å². The normalized spacial score (nSPS) is 13.7. The van der Waals surface area contributed by atoms with Gasteiger partial charge in [-0.1, -0.05) is 50.2 Å². The van der Waals surface area contributed by atoms with Crippen molar-refractivity contribution in [2.75, 3.05) is 13.1 Å². The van der Waals surface area contributed by atoms with E-state index in [-0.39, 0.29) is 11.8 Å². The van der Waals surface area contributed by atoms with E-state index < -0.39 is 0 Å². The van der Waals surface area contributed by atoms with Crippen LogP contribution in [-0.4, -0.2) is 79.0 Å². The Morgan fingerprint density at radius 2 is 1.14 bits per heavy atom. The fourth-order valence-corrected chi connectivity index (χ4v) is 8.88. The number of benzene rings is 2. The van der Waals surface area contributed by atoms with Crippen molar-refractivity contribution in [2.45, 2.75) is 79.4 Å². The van der Waals surface area contributed by atoms with E-state index >= 15 is 0 Å². The van der Waals surface area contributed by atoms with E-state index in [9.17, 15) is 9.59 Å². The van der Waals surface area contributed by atoms with Crippen LogP contribution in [0.2, 0.25) is 0 Å². The van der Waals surface area contributed by atoms with E-state index in [0.717, 1.165) is 109 Å². The van der Waals surface area contributed by atoms with Crippen molar-refractivity contribution in [3.63, 3.8) is 0 Å². The number of hydrogen-bond acceptors (Lipinski definition) is 8. The minimum absolute atomic E-state index is 0.103. The van der Waals surface area contributed by atoms with Gasteiger partial charge in [0.05, 0.1) is 29.0 Å². The first-order valence-electron chi connectivity index (χ1n) is 21.7. The molecule has 0 saturated heterocycles. The third-order valence-corrected chi connectivity index (χ3v) is 12.5. The summed E-state index contributed by atoms with van der Waals surface area (Å²) in [5.74, 6) is 0.609. The highest BCUT2D eigenvalue weighted by Gasteiger charge is 2.28. The molecule has 10 rings (SSSR count). The second kappa shape index (κ2) is 16.7. The van der Waals surface area contributed by atoms with E-state index in [2.05, 4.69) is 98.4 Å². The van der Waals surface area contributed by atoms with Crippen molar-refractivity contribution < 1.29 is 9.59 Å². The maximum absolute atomic E-state index is 12.0. The molecule has 0 saturated carbocycles. The van der Waals surface area contributed by atoms with Crippen LogP contribution in [0, 0.1) is 0 Å². The van der Waals surface area contributed by atoms with Crippen LogP contribution in [0.3, 0.4) is 0 Å². The maximum Gasteiger partial charge on any atom is 0.219 e. The Bertz CT molecular complexity index is 3030. The van der Waals surface area contributed by atoms with Crippen molar-refractivity contribution >= 4 is 33.4 Å². The van der Waals surface area contributed by atoms with Crippen LogP contribution in [0.1, 0.15) is 81.7 Å². The zero-order valence-corrected chi connectivity index (χ0v) is 37.3. The molecule has 2 aliphatic rings.